The van der Waals surface area contributed by atoms with E-state index in [1.54, 1.807) is 27.0 Å². The first kappa shape index (κ1) is 34.1. The van der Waals surface area contributed by atoms with E-state index in [0.717, 1.165) is 24.0 Å². The molecule has 2 aliphatic rings. The SMILES string of the molecule is COC(=O)[C@@H]1C[C@H](Oc2ncc(C#CS(C(C)C)(C(C)C)C(C)C)cc2C2(C)CCOCC2)CN1C(=O)OC(C)(C)C. The lowest BCUT2D eigenvalue weighted by atomic mass is 9.76. The van der Waals surface area contributed by atoms with Crippen molar-refractivity contribution in [2.24, 2.45) is 0 Å². The molecule has 0 N–H and O–H groups in total. The third kappa shape index (κ3) is 7.55. The van der Waals surface area contributed by atoms with Crippen molar-refractivity contribution in [1.82, 2.24) is 9.88 Å². The molecule has 2 saturated heterocycles. The zero-order valence-corrected chi connectivity index (χ0v) is 28.4. The Morgan fingerprint density at radius 3 is 2.21 bits per heavy atom. The Kier molecular flexibility index (Phi) is 10.9. The lowest BCUT2D eigenvalue weighted by Crippen LogP contribution is -2.44. The van der Waals surface area contributed by atoms with Gasteiger partial charge < -0.3 is 18.9 Å². The summed E-state index contributed by atoms with van der Waals surface area (Å²) in [6, 6.07) is 1.34. The van der Waals surface area contributed by atoms with Crippen molar-refractivity contribution in [2.45, 2.75) is 127 Å². The topological polar surface area (TPSA) is 87.2 Å². The van der Waals surface area contributed by atoms with E-state index >= 15 is 0 Å². The van der Waals surface area contributed by atoms with Gasteiger partial charge in [0, 0.05) is 42.4 Å². The Balaban J connectivity index is 1.99. The molecule has 0 spiro atoms. The Morgan fingerprint density at radius 2 is 1.69 bits per heavy atom. The van der Waals surface area contributed by atoms with Crippen molar-refractivity contribution in [1.29, 1.82) is 0 Å². The van der Waals surface area contributed by atoms with Crippen LogP contribution >= 0.6 is 10.0 Å². The van der Waals surface area contributed by atoms with E-state index in [2.05, 4.69) is 65.7 Å². The Bertz CT molecular complexity index is 1150. The van der Waals surface area contributed by atoms with E-state index in [9.17, 15) is 9.59 Å². The molecule has 8 nitrogen and oxygen atoms in total. The highest BCUT2D eigenvalue weighted by atomic mass is 32.3. The van der Waals surface area contributed by atoms with Gasteiger partial charge in [-0.05, 0) is 60.7 Å². The fourth-order valence-electron chi connectivity index (χ4n) is 6.19. The Hall–Kier alpha value is -2.44. The third-order valence-electron chi connectivity index (χ3n) is 8.45. The molecule has 3 heterocycles. The number of likely N-dealkylation sites (tertiary alicyclic amines) is 1. The van der Waals surface area contributed by atoms with Gasteiger partial charge in [-0.3, -0.25) is 4.90 Å². The zero-order chi connectivity index (χ0) is 31.5. The van der Waals surface area contributed by atoms with Crippen LogP contribution in [0.5, 0.6) is 5.88 Å². The minimum Gasteiger partial charge on any atom is -0.472 e. The van der Waals surface area contributed by atoms with E-state index in [0.29, 0.717) is 34.8 Å². The van der Waals surface area contributed by atoms with E-state index < -0.39 is 39.8 Å². The second-order valence-electron chi connectivity index (χ2n) is 13.5. The summed E-state index contributed by atoms with van der Waals surface area (Å²) >= 11 is 0. The molecule has 0 aromatic carbocycles. The lowest BCUT2D eigenvalue weighted by molar-refractivity contribution is -0.145. The second-order valence-corrected chi connectivity index (χ2v) is 18.1. The number of pyridine rings is 1. The normalized spacial score (nSPS) is 21.2. The van der Waals surface area contributed by atoms with Crippen LogP contribution < -0.4 is 4.74 Å². The molecule has 0 unspecified atom stereocenters. The van der Waals surface area contributed by atoms with Gasteiger partial charge in [-0.25, -0.2) is 14.6 Å². The third-order valence-corrected chi connectivity index (χ3v) is 13.6. The van der Waals surface area contributed by atoms with Gasteiger partial charge in [-0.1, -0.05) is 54.4 Å². The molecule has 0 saturated carbocycles. The number of carbonyl (C=O) groups is 2. The summed E-state index contributed by atoms with van der Waals surface area (Å²) in [7, 11) is 0.119. The molecule has 2 atom stereocenters. The summed E-state index contributed by atoms with van der Waals surface area (Å²) in [6.45, 7) is 22.9. The van der Waals surface area contributed by atoms with Crippen molar-refractivity contribution in [3.63, 3.8) is 0 Å². The summed E-state index contributed by atoms with van der Waals surface area (Å²) in [4.78, 5) is 31.8. The van der Waals surface area contributed by atoms with E-state index in [1.165, 1.54) is 12.0 Å². The summed E-state index contributed by atoms with van der Waals surface area (Å²) in [5.41, 5.74) is 0.960. The number of carbonyl (C=O) groups excluding carboxylic acids is 2. The molecule has 0 bridgehead atoms. The van der Waals surface area contributed by atoms with Crippen LogP contribution in [0.25, 0.3) is 0 Å². The van der Waals surface area contributed by atoms with Crippen LogP contribution in [0.2, 0.25) is 0 Å². The minimum absolute atomic E-state index is 0.195. The highest BCUT2D eigenvalue weighted by Gasteiger charge is 2.44. The average molecular weight is 605 g/mol. The number of nitrogens with zero attached hydrogens (tertiary/aromatic N) is 2. The monoisotopic (exact) mass is 604 g/mol. The van der Waals surface area contributed by atoms with Gasteiger partial charge in [0.2, 0.25) is 5.88 Å². The van der Waals surface area contributed by atoms with Crippen molar-refractivity contribution in [2.75, 3.05) is 26.9 Å². The quantitative estimate of drug-likeness (QED) is 0.262. The first-order valence-electron chi connectivity index (χ1n) is 15.2. The van der Waals surface area contributed by atoms with Gasteiger partial charge in [0.1, 0.15) is 17.7 Å². The zero-order valence-electron chi connectivity index (χ0n) is 27.5. The highest BCUT2D eigenvalue weighted by Crippen LogP contribution is 2.59. The van der Waals surface area contributed by atoms with Crippen molar-refractivity contribution in [3.05, 3.63) is 23.4 Å². The number of rotatable bonds is 7. The molecule has 2 fully saturated rings. The van der Waals surface area contributed by atoms with Crippen LogP contribution in [-0.4, -0.2) is 82.3 Å². The Labute approximate surface area is 254 Å². The van der Waals surface area contributed by atoms with Gasteiger partial charge in [-0.2, -0.15) is 10.0 Å². The van der Waals surface area contributed by atoms with E-state index in [4.69, 9.17) is 23.9 Å². The molecular formula is C33H52N2O6S. The van der Waals surface area contributed by atoms with Gasteiger partial charge in [0.25, 0.3) is 0 Å². The van der Waals surface area contributed by atoms with E-state index in [-0.39, 0.29) is 18.4 Å². The molecule has 0 aliphatic carbocycles. The number of amides is 1. The smallest absolute Gasteiger partial charge is 0.411 e. The lowest BCUT2D eigenvalue weighted by Gasteiger charge is -2.46. The molecule has 236 valence electrons. The molecule has 9 heteroatoms. The molecule has 42 heavy (non-hydrogen) atoms. The van der Waals surface area contributed by atoms with Crippen LogP contribution in [0.4, 0.5) is 4.79 Å². The van der Waals surface area contributed by atoms with Gasteiger partial charge >= 0.3 is 12.1 Å². The first-order chi connectivity index (χ1) is 19.5. The molecule has 0 radical (unpaired) electrons. The molecule has 1 amide bonds. The number of aromatic nitrogens is 1. The number of ether oxygens (including phenoxy) is 4. The maximum absolute atomic E-state index is 13.0. The maximum Gasteiger partial charge on any atom is 0.411 e. The summed E-state index contributed by atoms with van der Waals surface area (Å²) < 4.78 is 22.8. The van der Waals surface area contributed by atoms with Crippen molar-refractivity contribution in [3.8, 4) is 17.1 Å². The molecule has 1 aromatic rings. The largest absolute Gasteiger partial charge is 0.472 e. The van der Waals surface area contributed by atoms with Gasteiger partial charge in [0.05, 0.1) is 13.7 Å². The van der Waals surface area contributed by atoms with Crippen LogP contribution in [0.3, 0.4) is 0 Å². The average Bonchev–Trinajstić information content (AvgIpc) is 3.32. The van der Waals surface area contributed by atoms with Crippen LogP contribution in [0.15, 0.2) is 12.3 Å². The number of esters is 1. The number of methoxy groups -OCH3 is 1. The highest BCUT2D eigenvalue weighted by molar-refractivity contribution is 8.38. The molecule has 2 aliphatic heterocycles. The number of hydrogen-bond donors (Lipinski definition) is 0. The summed E-state index contributed by atoms with van der Waals surface area (Å²) in [5, 5.41) is 5.20. The minimum atomic E-state index is -1.20. The molecule has 3 rings (SSSR count). The maximum atomic E-state index is 13.0. The van der Waals surface area contributed by atoms with E-state index in [1.807, 2.05) is 0 Å². The summed E-state index contributed by atoms with van der Waals surface area (Å²) in [6.07, 6.45) is 2.73. The fourth-order valence-corrected chi connectivity index (χ4v) is 10.5. The molecular weight excluding hydrogens is 552 g/mol. The van der Waals surface area contributed by atoms with Crippen molar-refractivity contribution < 1.29 is 28.5 Å². The fraction of sp³-hybridized carbons (Fsp3) is 0.727. The van der Waals surface area contributed by atoms with Crippen LogP contribution in [0.1, 0.15) is 99.6 Å². The standard InChI is InChI=1S/C33H52N2O6S/c1-22(2)42(23(3)4,24(5)6)17-12-25-18-27(33(10)13-15-39-16-14-33)29(34-20-25)40-26-19-28(30(36)38-11)35(21-26)31(37)41-32(7,8)9/h18,20,22-24,26,28H,13-16,19,21H2,1-11H3/t26-,28-/m0/s1. The predicted octanol–water partition coefficient (Wildman–Crippen LogP) is 6.42. The Morgan fingerprint density at radius 1 is 1.10 bits per heavy atom. The second kappa shape index (κ2) is 13.5. The van der Waals surface area contributed by atoms with Crippen LogP contribution in [-0.2, 0) is 24.4 Å². The number of hydrogen-bond acceptors (Lipinski definition) is 7. The summed E-state index contributed by atoms with van der Waals surface area (Å²) in [5.74, 6) is 3.55. The van der Waals surface area contributed by atoms with Crippen LogP contribution in [0, 0.1) is 11.2 Å². The van der Waals surface area contributed by atoms with Crippen molar-refractivity contribution >= 4 is 22.1 Å². The first-order valence-corrected chi connectivity index (χ1v) is 17.0. The van der Waals surface area contributed by atoms with Gasteiger partial charge in [-0.15, -0.1) is 0 Å². The predicted molar refractivity (Wildman–Crippen MR) is 169 cm³/mol. The molecule has 1 aromatic heterocycles. The van der Waals surface area contributed by atoms with Gasteiger partial charge in [0.15, 0.2) is 0 Å².